The van der Waals surface area contributed by atoms with Crippen LogP contribution in [0.1, 0.15) is 24.2 Å². The maximum atomic E-state index is 11.1. The smallest absolute Gasteiger partial charge is 0.106 e. The molecule has 5 rings (SSSR count). The predicted octanol–water partition coefficient (Wildman–Crippen LogP) is 5.44. The van der Waals surface area contributed by atoms with Crippen LogP contribution >= 0.6 is 0 Å². The summed E-state index contributed by atoms with van der Waals surface area (Å²) in [6.07, 6.45) is 1.06. The van der Waals surface area contributed by atoms with E-state index >= 15 is 0 Å². The highest BCUT2D eigenvalue weighted by Crippen LogP contribution is 2.33. The van der Waals surface area contributed by atoms with E-state index in [1.807, 2.05) is 36.4 Å². The second-order valence-corrected chi connectivity index (χ2v) is 6.86. The van der Waals surface area contributed by atoms with Crippen molar-refractivity contribution in [1.82, 2.24) is 9.55 Å². The van der Waals surface area contributed by atoms with E-state index in [1.165, 1.54) is 21.8 Å². The van der Waals surface area contributed by atoms with Crippen molar-refractivity contribution in [3.63, 3.8) is 0 Å². The fraction of sp³-hybridized carbons (Fsp3) is 0.125. The van der Waals surface area contributed by atoms with Gasteiger partial charge in [-0.05, 0) is 36.8 Å². The first kappa shape index (κ1) is 16.0. The van der Waals surface area contributed by atoms with Gasteiger partial charge in [-0.3, -0.25) is 4.98 Å². The summed E-state index contributed by atoms with van der Waals surface area (Å²) in [5.41, 5.74) is 5.01. The number of rotatable bonds is 3. The lowest BCUT2D eigenvalue weighted by Gasteiger charge is -2.14. The summed E-state index contributed by atoms with van der Waals surface area (Å²) in [7, 11) is 0. The highest BCUT2D eigenvalue weighted by molar-refractivity contribution is 6.08. The summed E-state index contributed by atoms with van der Waals surface area (Å²) in [6.45, 7) is 3.08. The quantitative estimate of drug-likeness (QED) is 0.469. The molecule has 0 fully saturated rings. The monoisotopic (exact) mass is 352 g/mol. The van der Waals surface area contributed by atoms with Crippen LogP contribution in [0.15, 0.2) is 79.0 Å². The molecule has 0 amide bonds. The number of aromatic nitrogens is 2. The van der Waals surface area contributed by atoms with Crippen molar-refractivity contribution in [2.24, 2.45) is 0 Å². The molecule has 5 aromatic rings. The molecule has 0 unspecified atom stereocenters. The Labute approximate surface area is 157 Å². The molecular weight excluding hydrogens is 332 g/mol. The fourth-order valence-electron chi connectivity index (χ4n) is 4.11. The summed E-state index contributed by atoms with van der Waals surface area (Å²) in [5, 5.41) is 14.6. The molecule has 0 aliphatic heterocycles. The number of para-hydroxylation sites is 2. The molecule has 0 aliphatic carbocycles. The molecule has 1 atom stereocenters. The first-order valence-electron chi connectivity index (χ1n) is 9.30. The van der Waals surface area contributed by atoms with E-state index < -0.39 is 6.10 Å². The van der Waals surface area contributed by atoms with Crippen molar-refractivity contribution in [3.05, 3.63) is 90.1 Å². The van der Waals surface area contributed by atoms with Crippen LogP contribution in [-0.4, -0.2) is 14.7 Å². The van der Waals surface area contributed by atoms with E-state index in [-0.39, 0.29) is 0 Å². The lowest BCUT2D eigenvalue weighted by atomic mass is 9.97. The normalized spacial score (nSPS) is 12.8. The number of aliphatic hydroxyl groups excluding tert-OH is 1. The van der Waals surface area contributed by atoms with Gasteiger partial charge in [-0.2, -0.15) is 0 Å². The second kappa shape index (κ2) is 6.22. The van der Waals surface area contributed by atoms with E-state index in [0.717, 1.165) is 28.6 Å². The predicted molar refractivity (Wildman–Crippen MR) is 111 cm³/mol. The number of fused-ring (bicyclic) bond motifs is 4. The zero-order valence-electron chi connectivity index (χ0n) is 15.1. The average molecular weight is 352 g/mol. The third-order valence-electron chi connectivity index (χ3n) is 5.39. The summed E-state index contributed by atoms with van der Waals surface area (Å²) in [5.74, 6) is 0. The van der Waals surface area contributed by atoms with Crippen LogP contribution < -0.4 is 0 Å². The zero-order valence-corrected chi connectivity index (χ0v) is 15.1. The van der Waals surface area contributed by atoms with E-state index in [4.69, 9.17) is 0 Å². The number of nitrogens with zero attached hydrogens (tertiary/aromatic N) is 2. The van der Waals surface area contributed by atoms with Crippen LogP contribution in [0.4, 0.5) is 0 Å². The Bertz CT molecular complexity index is 1280. The number of aliphatic hydroxyl groups is 1. The molecule has 0 bridgehead atoms. The minimum atomic E-state index is -0.711. The van der Waals surface area contributed by atoms with Crippen molar-refractivity contribution >= 4 is 32.7 Å². The maximum Gasteiger partial charge on any atom is 0.106 e. The highest BCUT2D eigenvalue weighted by Gasteiger charge is 2.17. The molecule has 2 heterocycles. The lowest BCUT2D eigenvalue weighted by molar-refractivity contribution is 0.222. The van der Waals surface area contributed by atoms with Gasteiger partial charge < -0.3 is 9.67 Å². The van der Waals surface area contributed by atoms with Crippen LogP contribution in [0.5, 0.6) is 0 Å². The fourth-order valence-corrected chi connectivity index (χ4v) is 4.11. The first-order chi connectivity index (χ1) is 13.3. The molecule has 0 saturated carbocycles. The van der Waals surface area contributed by atoms with Gasteiger partial charge in [-0.1, -0.05) is 48.5 Å². The van der Waals surface area contributed by atoms with Gasteiger partial charge in [0.1, 0.15) is 6.10 Å². The molecule has 3 nitrogen and oxygen atoms in total. The summed E-state index contributed by atoms with van der Waals surface area (Å²) < 4.78 is 2.32. The van der Waals surface area contributed by atoms with E-state index in [1.54, 1.807) is 6.20 Å². The largest absolute Gasteiger partial charge is 0.384 e. The number of pyridine rings is 1. The second-order valence-electron chi connectivity index (χ2n) is 6.86. The van der Waals surface area contributed by atoms with Gasteiger partial charge >= 0.3 is 0 Å². The number of benzene rings is 3. The SMILES string of the molecule is CCn1c2ccccc2c2cc([C@H](O)c3cccc4cccnc34)ccc21. The lowest BCUT2D eigenvalue weighted by Crippen LogP contribution is -2.01. The minimum Gasteiger partial charge on any atom is -0.384 e. The Kier molecular flexibility index (Phi) is 3.69. The van der Waals surface area contributed by atoms with Crippen LogP contribution in [-0.2, 0) is 6.54 Å². The van der Waals surface area contributed by atoms with Crippen molar-refractivity contribution in [1.29, 1.82) is 0 Å². The Morgan fingerprint density at radius 3 is 2.59 bits per heavy atom. The molecule has 3 aromatic carbocycles. The summed E-state index contributed by atoms with van der Waals surface area (Å²) in [4.78, 5) is 4.49. The molecule has 0 spiro atoms. The summed E-state index contributed by atoms with van der Waals surface area (Å²) in [6, 6.07) is 24.6. The van der Waals surface area contributed by atoms with Gasteiger partial charge in [-0.15, -0.1) is 0 Å². The molecule has 2 aromatic heterocycles. The molecule has 27 heavy (non-hydrogen) atoms. The van der Waals surface area contributed by atoms with Gasteiger partial charge in [0, 0.05) is 45.5 Å². The first-order valence-corrected chi connectivity index (χ1v) is 9.30. The molecule has 132 valence electrons. The average Bonchev–Trinajstić information content (AvgIpc) is 3.05. The Morgan fingerprint density at radius 1 is 0.889 bits per heavy atom. The molecule has 1 N–H and O–H groups in total. The van der Waals surface area contributed by atoms with Gasteiger partial charge in [0.05, 0.1) is 5.52 Å². The van der Waals surface area contributed by atoms with Crippen molar-refractivity contribution in [2.75, 3.05) is 0 Å². The van der Waals surface area contributed by atoms with E-state index in [0.29, 0.717) is 0 Å². The van der Waals surface area contributed by atoms with Gasteiger partial charge in [0.15, 0.2) is 0 Å². The molecule has 0 aliphatic rings. The highest BCUT2D eigenvalue weighted by atomic mass is 16.3. The zero-order chi connectivity index (χ0) is 18.4. The van der Waals surface area contributed by atoms with Crippen LogP contribution in [0, 0.1) is 0 Å². The van der Waals surface area contributed by atoms with E-state index in [9.17, 15) is 5.11 Å². The van der Waals surface area contributed by atoms with Crippen molar-refractivity contribution in [2.45, 2.75) is 19.6 Å². The van der Waals surface area contributed by atoms with Gasteiger partial charge in [-0.25, -0.2) is 0 Å². The summed E-state index contributed by atoms with van der Waals surface area (Å²) >= 11 is 0. The van der Waals surface area contributed by atoms with Crippen LogP contribution in [0.3, 0.4) is 0 Å². The molecule has 0 radical (unpaired) electrons. The Balaban J connectivity index is 1.72. The van der Waals surface area contributed by atoms with Crippen molar-refractivity contribution < 1.29 is 5.11 Å². The van der Waals surface area contributed by atoms with Crippen LogP contribution in [0.25, 0.3) is 32.7 Å². The number of hydrogen-bond acceptors (Lipinski definition) is 2. The van der Waals surface area contributed by atoms with Crippen LogP contribution in [0.2, 0.25) is 0 Å². The van der Waals surface area contributed by atoms with Gasteiger partial charge in [0.25, 0.3) is 0 Å². The minimum absolute atomic E-state index is 0.711. The Hall–Kier alpha value is -3.17. The standard InChI is InChI=1S/C24H20N2O/c1-2-26-21-11-4-3-9-18(21)20-15-17(12-13-22(20)26)24(27)19-10-5-7-16-8-6-14-25-23(16)19/h3-15,24,27H,2H2,1H3/t24-/m0/s1. The third kappa shape index (κ3) is 2.43. The number of aryl methyl sites for hydroxylation is 1. The Morgan fingerprint density at radius 2 is 1.70 bits per heavy atom. The maximum absolute atomic E-state index is 11.1. The third-order valence-corrected chi connectivity index (χ3v) is 5.39. The van der Waals surface area contributed by atoms with E-state index in [2.05, 4.69) is 52.9 Å². The number of hydrogen-bond donors (Lipinski definition) is 1. The molecule has 3 heteroatoms. The molecular formula is C24H20N2O. The topological polar surface area (TPSA) is 38.0 Å². The van der Waals surface area contributed by atoms with Gasteiger partial charge in [0.2, 0.25) is 0 Å². The van der Waals surface area contributed by atoms with Crippen molar-refractivity contribution in [3.8, 4) is 0 Å². The molecule has 0 saturated heterocycles.